The van der Waals surface area contributed by atoms with Gasteiger partial charge in [0.15, 0.2) is 0 Å². The summed E-state index contributed by atoms with van der Waals surface area (Å²) in [5.41, 5.74) is 1.85. The first kappa shape index (κ1) is 19.2. The van der Waals surface area contributed by atoms with Gasteiger partial charge in [0, 0.05) is 25.7 Å². The van der Waals surface area contributed by atoms with Crippen molar-refractivity contribution < 1.29 is 14.3 Å². The van der Waals surface area contributed by atoms with Crippen molar-refractivity contribution in [2.24, 2.45) is 0 Å². The van der Waals surface area contributed by atoms with Crippen molar-refractivity contribution in [1.29, 1.82) is 0 Å². The number of hydrogen-bond donors (Lipinski definition) is 1. The van der Waals surface area contributed by atoms with E-state index in [0.29, 0.717) is 0 Å². The zero-order valence-corrected chi connectivity index (χ0v) is 15.4. The second-order valence-electron chi connectivity index (χ2n) is 6.38. The molecule has 4 nitrogen and oxygen atoms in total. The molecule has 1 aliphatic rings. The zero-order valence-electron chi connectivity index (χ0n) is 15.4. The predicted octanol–water partition coefficient (Wildman–Crippen LogP) is 3.94. The van der Waals surface area contributed by atoms with Crippen molar-refractivity contribution in [2.45, 2.75) is 26.0 Å². The van der Waals surface area contributed by atoms with Gasteiger partial charge in [-0.3, -0.25) is 9.59 Å². The highest BCUT2D eigenvalue weighted by Gasteiger charge is 2.43. The van der Waals surface area contributed by atoms with E-state index in [1.165, 1.54) is 13.8 Å². The molecule has 137 valence electrons. The zero-order chi connectivity index (χ0) is 19.2. The minimum absolute atomic E-state index is 0.125. The van der Waals surface area contributed by atoms with Crippen LogP contribution in [0, 0.1) is 31.1 Å². The normalized spacial score (nSPS) is 17.3. The van der Waals surface area contributed by atoms with Crippen LogP contribution in [-0.4, -0.2) is 11.9 Å². The maximum absolute atomic E-state index is 11.9. The number of nitrogens with one attached hydrogen (secondary N) is 1. The topological polar surface area (TPSA) is 55.4 Å². The first-order chi connectivity index (χ1) is 13.1. The number of carbonyl (C=O) groups is 2. The number of amides is 1. The maximum Gasteiger partial charge on any atom is 0.303 e. The van der Waals surface area contributed by atoms with Gasteiger partial charge in [0.05, 0.1) is 6.04 Å². The summed E-state index contributed by atoms with van der Waals surface area (Å²) in [4.78, 5) is 23.6. The molecule has 0 aliphatic heterocycles. The quantitative estimate of drug-likeness (QED) is 0.794. The van der Waals surface area contributed by atoms with Gasteiger partial charge in [0.1, 0.15) is 6.10 Å². The fourth-order valence-corrected chi connectivity index (χ4v) is 3.24. The first-order valence-electron chi connectivity index (χ1n) is 8.86. The minimum atomic E-state index is -0.534. The largest absolute Gasteiger partial charge is 0.457 e. The molecule has 0 spiro atoms. The Morgan fingerprint density at radius 3 is 1.93 bits per heavy atom. The van der Waals surface area contributed by atoms with E-state index in [9.17, 15) is 9.59 Å². The Balaban J connectivity index is 1.94. The summed E-state index contributed by atoms with van der Waals surface area (Å²) in [5, 5.41) is 3.02. The van der Waals surface area contributed by atoms with Crippen LogP contribution in [0.4, 0.5) is 0 Å². The maximum atomic E-state index is 11.9. The van der Waals surface area contributed by atoms with Crippen LogP contribution in [0.3, 0.4) is 0 Å². The Bertz CT molecular complexity index is 694. The molecular weight excluding hydrogens is 338 g/mol. The molecule has 2 aromatic carbocycles. The molecule has 1 aliphatic carbocycles. The molecule has 0 unspecified atom stereocenters. The van der Waals surface area contributed by atoms with Gasteiger partial charge in [-0.05, 0) is 30.4 Å². The molecule has 1 fully saturated rings. The van der Waals surface area contributed by atoms with E-state index in [1.807, 2.05) is 79.9 Å². The molecule has 0 bridgehead atoms. The standard InChI is InChI=1S/C23H22NO3/c1-16(25)24-22(18-10-5-3-6-11-18)20-14-9-15-21(20)23(27-17(2)26)19-12-7-4-8-13-19/h3-15,22-23H,1-2H3,(H,24,25)/t22-,23-/m0/s1. The second kappa shape index (κ2) is 8.85. The van der Waals surface area contributed by atoms with Gasteiger partial charge in [-0.1, -0.05) is 60.7 Å². The highest BCUT2D eigenvalue weighted by atomic mass is 16.5. The number of carbonyl (C=O) groups excluding carboxylic acids is 2. The van der Waals surface area contributed by atoms with E-state index in [2.05, 4.69) is 5.32 Å². The molecule has 2 aromatic rings. The lowest BCUT2D eigenvalue weighted by Gasteiger charge is -2.33. The number of benzene rings is 2. The Labute approximate surface area is 160 Å². The van der Waals surface area contributed by atoms with E-state index in [4.69, 9.17) is 4.74 Å². The molecule has 1 amide bonds. The van der Waals surface area contributed by atoms with Gasteiger partial charge >= 0.3 is 5.97 Å². The summed E-state index contributed by atoms with van der Waals surface area (Å²) in [7, 11) is 0. The summed E-state index contributed by atoms with van der Waals surface area (Å²) in [5.74, 6) is 1.29. The van der Waals surface area contributed by atoms with Gasteiger partial charge in [-0.15, -0.1) is 0 Å². The fraction of sp³-hybridized carbons (Fsp3) is 0.174. The van der Waals surface area contributed by atoms with E-state index < -0.39 is 6.10 Å². The number of hydrogen-bond acceptors (Lipinski definition) is 3. The number of ether oxygens (including phenoxy) is 1. The van der Waals surface area contributed by atoms with Crippen LogP contribution >= 0.6 is 0 Å². The average molecular weight is 360 g/mol. The molecule has 0 aromatic heterocycles. The van der Waals surface area contributed by atoms with Crippen molar-refractivity contribution >= 4 is 11.9 Å². The Morgan fingerprint density at radius 2 is 1.37 bits per heavy atom. The fourth-order valence-electron chi connectivity index (χ4n) is 3.24. The van der Waals surface area contributed by atoms with Crippen LogP contribution in [-0.2, 0) is 14.3 Å². The minimum Gasteiger partial charge on any atom is -0.457 e. The number of esters is 1. The Morgan fingerprint density at radius 1 is 0.815 bits per heavy atom. The molecular formula is C23H22NO3. The third-order valence-electron chi connectivity index (χ3n) is 4.35. The molecule has 5 radical (unpaired) electrons. The van der Waals surface area contributed by atoms with Crippen molar-refractivity contribution in [1.82, 2.24) is 5.32 Å². The van der Waals surface area contributed by atoms with E-state index in [0.717, 1.165) is 23.0 Å². The molecule has 0 saturated heterocycles. The summed E-state index contributed by atoms with van der Waals surface area (Å²) >= 11 is 0. The molecule has 1 N–H and O–H groups in total. The average Bonchev–Trinajstić information content (AvgIpc) is 3.14. The van der Waals surface area contributed by atoms with Crippen LogP contribution in [0.15, 0.2) is 60.7 Å². The molecule has 0 heterocycles. The Kier molecular flexibility index (Phi) is 6.28. The summed E-state index contributed by atoms with van der Waals surface area (Å²) in [6.07, 6.45) is 5.28. The highest BCUT2D eigenvalue weighted by Crippen LogP contribution is 2.49. The predicted molar refractivity (Wildman–Crippen MR) is 103 cm³/mol. The van der Waals surface area contributed by atoms with Crippen LogP contribution in [0.1, 0.15) is 37.1 Å². The second-order valence-corrected chi connectivity index (χ2v) is 6.38. The third kappa shape index (κ3) is 4.76. The number of rotatable bonds is 6. The van der Waals surface area contributed by atoms with Crippen LogP contribution in [0.2, 0.25) is 0 Å². The van der Waals surface area contributed by atoms with Crippen molar-refractivity contribution in [2.75, 3.05) is 0 Å². The highest BCUT2D eigenvalue weighted by molar-refractivity contribution is 5.74. The van der Waals surface area contributed by atoms with Gasteiger partial charge in [0.25, 0.3) is 0 Å². The van der Waals surface area contributed by atoms with Gasteiger partial charge in [-0.25, -0.2) is 0 Å². The van der Waals surface area contributed by atoms with Crippen molar-refractivity contribution in [3.63, 3.8) is 0 Å². The van der Waals surface area contributed by atoms with Gasteiger partial charge < -0.3 is 10.1 Å². The lowest BCUT2D eigenvalue weighted by Crippen LogP contribution is -2.34. The van der Waals surface area contributed by atoms with Crippen LogP contribution < -0.4 is 5.32 Å². The Hall–Kier alpha value is -2.62. The molecule has 3 rings (SSSR count). The van der Waals surface area contributed by atoms with Crippen molar-refractivity contribution in [3.8, 4) is 0 Å². The summed E-state index contributed by atoms with van der Waals surface area (Å²) in [6.45, 7) is 2.90. The van der Waals surface area contributed by atoms with E-state index in [1.54, 1.807) is 0 Å². The lowest BCUT2D eigenvalue weighted by molar-refractivity contribution is -0.145. The first-order valence-corrected chi connectivity index (χ1v) is 8.86. The summed E-state index contributed by atoms with van der Waals surface area (Å²) in [6, 6.07) is 19.0. The SMILES string of the molecule is CC(=O)N[C@H]([C]1[CH][CH][CH][C]1[C@@H](OC(C)=O)c1ccccc1)c1ccccc1. The molecule has 1 saturated carbocycles. The smallest absolute Gasteiger partial charge is 0.303 e. The van der Waals surface area contributed by atoms with E-state index >= 15 is 0 Å². The van der Waals surface area contributed by atoms with Crippen LogP contribution in [0.5, 0.6) is 0 Å². The van der Waals surface area contributed by atoms with Gasteiger partial charge in [-0.2, -0.15) is 0 Å². The lowest BCUT2D eigenvalue weighted by atomic mass is 9.80. The summed E-state index contributed by atoms with van der Waals surface area (Å²) < 4.78 is 5.66. The van der Waals surface area contributed by atoms with Crippen LogP contribution in [0.25, 0.3) is 0 Å². The monoisotopic (exact) mass is 360 g/mol. The molecule has 4 heteroatoms. The van der Waals surface area contributed by atoms with Crippen molar-refractivity contribution in [3.05, 3.63) is 103 Å². The molecule has 27 heavy (non-hydrogen) atoms. The van der Waals surface area contributed by atoms with Gasteiger partial charge in [0.2, 0.25) is 5.91 Å². The molecule has 2 atom stereocenters. The van der Waals surface area contributed by atoms with E-state index in [-0.39, 0.29) is 17.9 Å². The third-order valence-corrected chi connectivity index (χ3v) is 4.35.